The molecule has 0 radical (unpaired) electrons. The number of nitro benzene ring substituents is 1. The van der Waals surface area contributed by atoms with E-state index in [0.29, 0.717) is 32.0 Å². The number of aryl methyl sites for hydroxylation is 2. The summed E-state index contributed by atoms with van der Waals surface area (Å²) in [6.07, 6.45) is 2.05. The number of rotatable bonds is 4. The fourth-order valence-electron chi connectivity index (χ4n) is 4.57. The summed E-state index contributed by atoms with van der Waals surface area (Å²) in [5.41, 5.74) is 3.98. The second-order valence-electron chi connectivity index (χ2n) is 8.08. The first-order valence-corrected chi connectivity index (χ1v) is 11.2. The summed E-state index contributed by atoms with van der Waals surface area (Å²) in [6.45, 7) is 2.15. The number of ether oxygens (including phenoxy) is 1. The third kappa shape index (κ3) is 4.12. The molecule has 1 amide bonds. The number of amides is 1. The number of morpholine rings is 1. The highest BCUT2D eigenvalue weighted by molar-refractivity contribution is 7.80. The van der Waals surface area contributed by atoms with Crippen molar-refractivity contribution in [1.82, 2.24) is 5.32 Å². The molecule has 5 rings (SSSR count). The molecule has 1 heterocycles. The maximum atomic E-state index is 12.8. The minimum absolute atomic E-state index is 0.115. The lowest BCUT2D eigenvalue weighted by atomic mass is 10.0. The SMILES string of the molecule is O=C(NC(=S)Nc1ccc2c3c(cccc13)CC2)c1ccc(N2CCOCC2)c([N+](=O)[O-])c1. The highest BCUT2D eigenvalue weighted by Crippen LogP contribution is 2.35. The number of hydrogen-bond acceptors (Lipinski definition) is 6. The average molecular weight is 463 g/mol. The first-order valence-electron chi connectivity index (χ1n) is 10.8. The standard InChI is InChI=1S/C24H22N4O4S/c29-23(17-7-9-20(21(14-17)28(30)31)27-10-12-32-13-11-27)26-24(33)25-19-8-6-16-5-4-15-2-1-3-18(19)22(15)16/h1-3,6-9,14H,4-5,10-13H2,(H2,25,26,29,33). The van der Waals surface area contributed by atoms with Crippen molar-refractivity contribution >= 4 is 51.1 Å². The molecule has 8 nitrogen and oxygen atoms in total. The summed E-state index contributed by atoms with van der Waals surface area (Å²) in [4.78, 5) is 25.9. The van der Waals surface area contributed by atoms with E-state index < -0.39 is 10.8 Å². The van der Waals surface area contributed by atoms with E-state index in [-0.39, 0.29) is 16.4 Å². The Morgan fingerprint density at radius 2 is 1.82 bits per heavy atom. The summed E-state index contributed by atoms with van der Waals surface area (Å²) >= 11 is 5.37. The van der Waals surface area contributed by atoms with Gasteiger partial charge in [0, 0.05) is 35.8 Å². The van der Waals surface area contributed by atoms with E-state index in [1.54, 1.807) is 12.1 Å². The van der Waals surface area contributed by atoms with E-state index in [1.165, 1.54) is 22.6 Å². The van der Waals surface area contributed by atoms with Crippen molar-refractivity contribution in [2.45, 2.75) is 12.8 Å². The van der Waals surface area contributed by atoms with Gasteiger partial charge in [-0.05, 0) is 59.8 Å². The highest BCUT2D eigenvalue weighted by Gasteiger charge is 2.24. The molecule has 2 aliphatic rings. The van der Waals surface area contributed by atoms with Gasteiger partial charge in [0.25, 0.3) is 11.6 Å². The molecule has 33 heavy (non-hydrogen) atoms. The first kappa shape index (κ1) is 21.3. The largest absolute Gasteiger partial charge is 0.378 e. The quantitative estimate of drug-likeness (QED) is 0.346. The molecule has 0 bridgehead atoms. The second kappa shape index (κ2) is 8.76. The predicted molar refractivity (Wildman–Crippen MR) is 131 cm³/mol. The van der Waals surface area contributed by atoms with Gasteiger partial charge in [-0.25, -0.2) is 0 Å². The van der Waals surface area contributed by atoms with Crippen molar-refractivity contribution in [3.63, 3.8) is 0 Å². The van der Waals surface area contributed by atoms with E-state index >= 15 is 0 Å². The third-order valence-electron chi connectivity index (χ3n) is 6.14. The molecule has 1 aliphatic carbocycles. The number of thiocarbonyl (C=S) groups is 1. The summed E-state index contributed by atoms with van der Waals surface area (Å²) in [6, 6.07) is 14.7. The topological polar surface area (TPSA) is 96.7 Å². The van der Waals surface area contributed by atoms with Crippen LogP contribution in [0.3, 0.4) is 0 Å². The Kier molecular flexibility index (Phi) is 5.65. The molecule has 0 aromatic heterocycles. The molecule has 9 heteroatoms. The minimum atomic E-state index is -0.505. The van der Waals surface area contributed by atoms with Gasteiger partial charge in [0.15, 0.2) is 5.11 Å². The van der Waals surface area contributed by atoms with Crippen LogP contribution in [0.1, 0.15) is 21.5 Å². The van der Waals surface area contributed by atoms with Crippen molar-refractivity contribution in [3.05, 3.63) is 75.3 Å². The Balaban J connectivity index is 1.34. The summed E-state index contributed by atoms with van der Waals surface area (Å²) < 4.78 is 5.32. The minimum Gasteiger partial charge on any atom is -0.378 e. The molecule has 3 aromatic rings. The maximum absolute atomic E-state index is 12.8. The van der Waals surface area contributed by atoms with Gasteiger partial charge in [0.05, 0.1) is 18.1 Å². The molecular formula is C24H22N4O4S. The molecule has 0 atom stereocenters. The van der Waals surface area contributed by atoms with Crippen LogP contribution in [-0.2, 0) is 17.6 Å². The van der Waals surface area contributed by atoms with Crippen LogP contribution in [0.4, 0.5) is 17.1 Å². The van der Waals surface area contributed by atoms with Crippen molar-refractivity contribution < 1.29 is 14.5 Å². The number of carbonyl (C=O) groups excluding carboxylic acids is 1. The fourth-order valence-corrected chi connectivity index (χ4v) is 4.77. The van der Waals surface area contributed by atoms with Gasteiger partial charge in [-0.2, -0.15) is 0 Å². The number of benzene rings is 3. The van der Waals surface area contributed by atoms with E-state index in [2.05, 4.69) is 22.8 Å². The Hall–Kier alpha value is -3.56. The number of carbonyl (C=O) groups is 1. The van der Waals surface area contributed by atoms with Crippen LogP contribution in [0, 0.1) is 10.1 Å². The van der Waals surface area contributed by atoms with Crippen LogP contribution in [0.2, 0.25) is 0 Å². The second-order valence-corrected chi connectivity index (χ2v) is 8.49. The third-order valence-corrected chi connectivity index (χ3v) is 6.34. The van der Waals surface area contributed by atoms with Gasteiger partial charge in [-0.15, -0.1) is 0 Å². The molecule has 1 fully saturated rings. The Labute approximate surface area is 195 Å². The summed E-state index contributed by atoms with van der Waals surface area (Å²) in [5, 5.41) is 19.9. The fraction of sp³-hybridized carbons (Fsp3) is 0.250. The van der Waals surface area contributed by atoms with Crippen LogP contribution in [0.15, 0.2) is 48.5 Å². The molecule has 0 unspecified atom stereocenters. The molecule has 0 spiro atoms. The van der Waals surface area contributed by atoms with Crippen molar-refractivity contribution in [2.75, 3.05) is 36.5 Å². The number of nitrogens with one attached hydrogen (secondary N) is 2. The smallest absolute Gasteiger partial charge is 0.293 e. The van der Waals surface area contributed by atoms with Gasteiger partial charge < -0.3 is 15.0 Å². The first-order chi connectivity index (χ1) is 16.0. The van der Waals surface area contributed by atoms with Gasteiger partial charge in [-0.3, -0.25) is 20.2 Å². The summed E-state index contributed by atoms with van der Waals surface area (Å²) in [5.74, 6) is -0.505. The number of hydrogen-bond donors (Lipinski definition) is 2. The van der Waals surface area contributed by atoms with E-state index in [0.717, 1.165) is 23.9 Å². The number of nitrogens with zero attached hydrogens (tertiary/aromatic N) is 2. The van der Waals surface area contributed by atoms with Crippen LogP contribution < -0.4 is 15.5 Å². The average Bonchev–Trinajstić information content (AvgIpc) is 3.25. The maximum Gasteiger partial charge on any atom is 0.293 e. The van der Waals surface area contributed by atoms with Crippen LogP contribution >= 0.6 is 12.2 Å². The van der Waals surface area contributed by atoms with Gasteiger partial charge in [-0.1, -0.05) is 24.3 Å². The molecule has 2 N–H and O–H groups in total. The molecule has 1 aliphatic heterocycles. The van der Waals surface area contributed by atoms with E-state index in [4.69, 9.17) is 17.0 Å². The lowest BCUT2D eigenvalue weighted by Crippen LogP contribution is -2.37. The normalized spacial score (nSPS) is 14.8. The molecule has 1 saturated heterocycles. The van der Waals surface area contributed by atoms with Crippen molar-refractivity contribution in [2.24, 2.45) is 0 Å². The zero-order valence-electron chi connectivity index (χ0n) is 17.8. The highest BCUT2D eigenvalue weighted by atomic mass is 32.1. The van der Waals surface area contributed by atoms with E-state index in [1.807, 2.05) is 23.1 Å². The summed E-state index contributed by atoms with van der Waals surface area (Å²) in [7, 11) is 0. The molecule has 0 saturated carbocycles. The van der Waals surface area contributed by atoms with Gasteiger partial charge in [0.2, 0.25) is 0 Å². The zero-order valence-corrected chi connectivity index (χ0v) is 18.6. The van der Waals surface area contributed by atoms with Gasteiger partial charge >= 0.3 is 0 Å². The van der Waals surface area contributed by atoms with Crippen molar-refractivity contribution in [3.8, 4) is 0 Å². The lowest BCUT2D eigenvalue weighted by molar-refractivity contribution is -0.384. The number of nitro groups is 1. The molecule has 168 valence electrons. The number of anilines is 2. The van der Waals surface area contributed by atoms with Crippen molar-refractivity contribution in [1.29, 1.82) is 0 Å². The zero-order chi connectivity index (χ0) is 22.9. The van der Waals surface area contributed by atoms with Crippen LogP contribution in [0.5, 0.6) is 0 Å². The Morgan fingerprint density at radius 1 is 1.06 bits per heavy atom. The molecular weight excluding hydrogens is 440 g/mol. The monoisotopic (exact) mass is 462 g/mol. The van der Waals surface area contributed by atoms with E-state index in [9.17, 15) is 14.9 Å². The molecule has 3 aromatic carbocycles. The van der Waals surface area contributed by atoms with Crippen LogP contribution in [0.25, 0.3) is 10.8 Å². The Morgan fingerprint density at radius 3 is 2.58 bits per heavy atom. The van der Waals surface area contributed by atoms with Crippen LogP contribution in [-0.4, -0.2) is 42.2 Å². The Bertz CT molecular complexity index is 1280. The lowest BCUT2D eigenvalue weighted by Gasteiger charge is -2.28. The van der Waals surface area contributed by atoms with Gasteiger partial charge in [0.1, 0.15) is 5.69 Å². The predicted octanol–water partition coefficient (Wildman–Crippen LogP) is 3.81.